The van der Waals surface area contributed by atoms with Crippen LogP contribution in [0.15, 0.2) is 30.3 Å². The molecule has 0 spiro atoms. The minimum absolute atomic E-state index is 0.0184. The normalized spacial score (nSPS) is 18.5. The number of nitrogens with one attached hydrogen (secondary N) is 1. The van der Waals surface area contributed by atoms with Crippen LogP contribution < -0.4 is 5.32 Å². The summed E-state index contributed by atoms with van der Waals surface area (Å²) in [5, 5.41) is 13.2. The lowest BCUT2D eigenvalue weighted by Gasteiger charge is -2.34. The first-order valence-electron chi connectivity index (χ1n) is 8.57. The van der Waals surface area contributed by atoms with Gasteiger partial charge < -0.3 is 5.32 Å². The lowest BCUT2D eigenvalue weighted by molar-refractivity contribution is -0.127. The van der Waals surface area contributed by atoms with Crippen molar-refractivity contribution in [2.24, 2.45) is 0 Å². The van der Waals surface area contributed by atoms with Gasteiger partial charge in [-0.05, 0) is 31.9 Å². The topological polar surface area (TPSA) is 58.1 Å². The standard InChI is InChI=1S/C18H24N4OS/c1-14-20-21-17(24-14)10-11-19-18(23)16-9-5-6-12-22(16)13-15-7-3-2-4-8-15/h2-4,7-8,16H,5-6,9-13H2,1H3,(H,19,23). The molecule has 0 saturated carbocycles. The van der Waals surface area contributed by atoms with Crippen LogP contribution in [0.4, 0.5) is 0 Å². The first-order chi connectivity index (χ1) is 11.7. The fraction of sp³-hybridized carbons (Fsp3) is 0.500. The molecule has 128 valence electrons. The van der Waals surface area contributed by atoms with Crippen molar-refractivity contribution in [2.45, 2.75) is 45.2 Å². The van der Waals surface area contributed by atoms with Gasteiger partial charge in [0.1, 0.15) is 10.0 Å². The molecule has 1 unspecified atom stereocenters. The molecule has 24 heavy (non-hydrogen) atoms. The number of hydrogen-bond donors (Lipinski definition) is 1. The Labute approximate surface area is 147 Å². The Balaban J connectivity index is 1.53. The van der Waals surface area contributed by atoms with Crippen LogP contribution in [0.3, 0.4) is 0 Å². The highest BCUT2D eigenvalue weighted by atomic mass is 32.1. The molecular weight excluding hydrogens is 320 g/mol. The molecule has 1 aliphatic rings. The van der Waals surface area contributed by atoms with Gasteiger partial charge in [0.2, 0.25) is 5.91 Å². The van der Waals surface area contributed by atoms with Crippen LogP contribution in [0, 0.1) is 6.92 Å². The zero-order chi connectivity index (χ0) is 16.8. The number of carbonyl (C=O) groups excluding carboxylic acids is 1. The summed E-state index contributed by atoms with van der Waals surface area (Å²) in [6.07, 6.45) is 3.99. The fourth-order valence-corrected chi connectivity index (χ4v) is 3.85. The van der Waals surface area contributed by atoms with E-state index in [1.54, 1.807) is 11.3 Å². The predicted molar refractivity (Wildman–Crippen MR) is 95.9 cm³/mol. The van der Waals surface area contributed by atoms with E-state index in [1.165, 1.54) is 12.0 Å². The summed E-state index contributed by atoms with van der Waals surface area (Å²) in [4.78, 5) is 14.9. The SMILES string of the molecule is Cc1nnc(CCNC(=O)C2CCCCN2Cc2ccccc2)s1. The number of carbonyl (C=O) groups is 1. The van der Waals surface area contributed by atoms with Crippen LogP contribution in [-0.4, -0.2) is 40.1 Å². The molecule has 2 heterocycles. The van der Waals surface area contributed by atoms with E-state index < -0.39 is 0 Å². The molecular formula is C18H24N4OS. The Morgan fingerprint density at radius 3 is 2.88 bits per heavy atom. The van der Waals surface area contributed by atoms with Crippen LogP contribution >= 0.6 is 11.3 Å². The number of benzene rings is 1. The number of aryl methyl sites for hydroxylation is 1. The first-order valence-corrected chi connectivity index (χ1v) is 9.39. The summed E-state index contributed by atoms with van der Waals surface area (Å²) in [5.74, 6) is 0.145. The molecule has 0 bridgehead atoms. The Bertz CT molecular complexity index is 658. The molecule has 1 aliphatic heterocycles. The van der Waals surface area contributed by atoms with E-state index in [4.69, 9.17) is 0 Å². The lowest BCUT2D eigenvalue weighted by Crippen LogP contribution is -2.49. The number of nitrogens with zero attached hydrogens (tertiary/aromatic N) is 3. The van der Waals surface area contributed by atoms with Crippen LogP contribution in [0.25, 0.3) is 0 Å². The van der Waals surface area contributed by atoms with E-state index in [0.29, 0.717) is 6.54 Å². The number of aromatic nitrogens is 2. The summed E-state index contributed by atoms with van der Waals surface area (Å²) in [6, 6.07) is 10.4. The highest BCUT2D eigenvalue weighted by Crippen LogP contribution is 2.20. The molecule has 1 saturated heterocycles. The third kappa shape index (κ3) is 4.61. The zero-order valence-corrected chi connectivity index (χ0v) is 14.9. The van der Waals surface area contributed by atoms with Gasteiger partial charge >= 0.3 is 0 Å². The Hall–Kier alpha value is -1.79. The maximum absolute atomic E-state index is 12.6. The molecule has 1 N–H and O–H groups in total. The van der Waals surface area contributed by atoms with Crippen LogP contribution in [-0.2, 0) is 17.8 Å². The summed E-state index contributed by atoms with van der Waals surface area (Å²) < 4.78 is 0. The highest BCUT2D eigenvalue weighted by Gasteiger charge is 2.28. The maximum atomic E-state index is 12.6. The highest BCUT2D eigenvalue weighted by molar-refractivity contribution is 7.11. The molecule has 1 aromatic heterocycles. The van der Waals surface area contributed by atoms with Gasteiger partial charge in [-0.25, -0.2) is 0 Å². The van der Waals surface area contributed by atoms with Gasteiger partial charge in [-0.3, -0.25) is 9.69 Å². The average molecular weight is 344 g/mol. The van der Waals surface area contributed by atoms with Crippen molar-refractivity contribution >= 4 is 17.2 Å². The number of rotatable bonds is 6. The third-order valence-electron chi connectivity index (χ3n) is 4.35. The number of piperidine rings is 1. The molecule has 1 fully saturated rings. The van der Waals surface area contributed by atoms with E-state index in [-0.39, 0.29) is 11.9 Å². The van der Waals surface area contributed by atoms with Crippen molar-refractivity contribution in [3.05, 3.63) is 45.9 Å². The van der Waals surface area contributed by atoms with Gasteiger partial charge in [0.05, 0.1) is 6.04 Å². The third-order valence-corrected chi connectivity index (χ3v) is 5.25. The van der Waals surface area contributed by atoms with E-state index in [0.717, 1.165) is 42.4 Å². The molecule has 6 heteroatoms. The van der Waals surface area contributed by atoms with E-state index in [2.05, 4.69) is 44.7 Å². The molecule has 0 aliphatic carbocycles. The molecule has 1 aromatic carbocycles. The van der Waals surface area contributed by atoms with Crippen LogP contribution in [0.2, 0.25) is 0 Å². The van der Waals surface area contributed by atoms with E-state index in [9.17, 15) is 4.79 Å². The summed E-state index contributed by atoms with van der Waals surface area (Å²) in [6.45, 7) is 4.41. The maximum Gasteiger partial charge on any atom is 0.237 e. The molecule has 1 amide bonds. The second-order valence-corrected chi connectivity index (χ2v) is 7.49. The average Bonchev–Trinajstić information content (AvgIpc) is 3.01. The summed E-state index contributed by atoms with van der Waals surface area (Å²) in [7, 11) is 0. The Morgan fingerprint density at radius 1 is 1.29 bits per heavy atom. The van der Waals surface area contributed by atoms with Crippen molar-refractivity contribution in [2.75, 3.05) is 13.1 Å². The summed E-state index contributed by atoms with van der Waals surface area (Å²) >= 11 is 1.59. The van der Waals surface area contributed by atoms with Gasteiger partial charge in [0.25, 0.3) is 0 Å². The second kappa shape index (κ2) is 8.35. The van der Waals surface area contributed by atoms with E-state index in [1.807, 2.05) is 13.0 Å². The Morgan fingerprint density at radius 2 is 2.12 bits per heavy atom. The molecule has 3 rings (SSSR count). The smallest absolute Gasteiger partial charge is 0.237 e. The fourth-order valence-electron chi connectivity index (χ4n) is 3.14. The quantitative estimate of drug-likeness (QED) is 0.875. The molecule has 1 atom stereocenters. The van der Waals surface area contributed by atoms with Gasteiger partial charge in [-0.15, -0.1) is 21.5 Å². The first kappa shape index (κ1) is 17.0. The number of likely N-dealkylation sites (tertiary alicyclic amines) is 1. The van der Waals surface area contributed by atoms with E-state index >= 15 is 0 Å². The molecule has 2 aromatic rings. The minimum Gasteiger partial charge on any atom is -0.354 e. The number of hydrogen-bond acceptors (Lipinski definition) is 5. The van der Waals surface area contributed by atoms with Crippen LogP contribution in [0.5, 0.6) is 0 Å². The summed E-state index contributed by atoms with van der Waals surface area (Å²) in [5.41, 5.74) is 1.27. The van der Waals surface area contributed by atoms with Crippen molar-refractivity contribution in [1.29, 1.82) is 0 Å². The van der Waals surface area contributed by atoms with Crippen molar-refractivity contribution < 1.29 is 4.79 Å². The number of amides is 1. The van der Waals surface area contributed by atoms with Gasteiger partial charge in [0.15, 0.2) is 0 Å². The lowest BCUT2D eigenvalue weighted by atomic mass is 10.0. The Kier molecular flexibility index (Phi) is 5.93. The molecule has 0 radical (unpaired) electrons. The van der Waals surface area contributed by atoms with Gasteiger partial charge in [-0.2, -0.15) is 0 Å². The predicted octanol–water partition coefficient (Wildman–Crippen LogP) is 2.56. The van der Waals surface area contributed by atoms with Crippen molar-refractivity contribution in [3.8, 4) is 0 Å². The zero-order valence-electron chi connectivity index (χ0n) is 14.1. The van der Waals surface area contributed by atoms with Gasteiger partial charge in [0, 0.05) is 19.5 Å². The second-order valence-electron chi connectivity index (χ2n) is 6.22. The van der Waals surface area contributed by atoms with Crippen LogP contribution in [0.1, 0.15) is 34.8 Å². The molecule has 5 nitrogen and oxygen atoms in total. The van der Waals surface area contributed by atoms with Crippen molar-refractivity contribution in [3.63, 3.8) is 0 Å². The minimum atomic E-state index is -0.0184. The van der Waals surface area contributed by atoms with Gasteiger partial charge in [-0.1, -0.05) is 36.8 Å². The van der Waals surface area contributed by atoms with Crippen molar-refractivity contribution in [1.82, 2.24) is 20.4 Å². The largest absolute Gasteiger partial charge is 0.354 e. The monoisotopic (exact) mass is 344 g/mol.